The van der Waals surface area contributed by atoms with Crippen LogP contribution in [0, 0.1) is 0 Å². The summed E-state index contributed by atoms with van der Waals surface area (Å²) in [7, 11) is 1.61. The van der Waals surface area contributed by atoms with Crippen molar-refractivity contribution >= 4 is 23.2 Å². The van der Waals surface area contributed by atoms with Crippen molar-refractivity contribution in [3.63, 3.8) is 0 Å². The quantitative estimate of drug-likeness (QED) is 0.777. The molecule has 0 bridgehead atoms. The van der Waals surface area contributed by atoms with Gasteiger partial charge in [0.05, 0.1) is 7.11 Å². The van der Waals surface area contributed by atoms with E-state index >= 15 is 0 Å². The summed E-state index contributed by atoms with van der Waals surface area (Å²) < 4.78 is 10.9. The maximum absolute atomic E-state index is 12.4. The van der Waals surface area contributed by atoms with Crippen molar-refractivity contribution in [3.05, 3.63) is 48.2 Å². The van der Waals surface area contributed by atoms with Crippen LogP contribution in [0.1, 0.15) is 23.2 Å². The lowest BCUT2D eigenvalue weighted by Crippen LogP contribution is -2.44. The summed E-state index contributed by atoms with van der Waals surface area (Å²) in [5, 5.41) is 3.10. The van der Waals surface area contributed by atoms with Crippen LogP contribution >= 0.6 is 0 Å². The number of aromatic nitrogens is 2. The summed E-state index contributed by atoms with van der Waals surface area (Å²) in [5.74, 6) is 0.680. The van der Waals surface area contributed by atoms with Crippen molar-refractivity contribution in [1.29, 1.82) is 0 Å². The second-order valence-electron chi connectivity index (χ2n) is 6.28. The molecule has 0 saturated carbocycles. The van der Waals surface area contributed by atoms with Crippen LogP contribution in [0.25, 0.3) is 11.2 Å². The number of rotatable bonds is 4. The van der Waals surface area contributed by atoms with Gasteiger partial charge in [-0.1, -0.05) is 0 Å². The molecular weight excluding hydrogens is 332 g/mol. The normalized spacial score (nSPS) is 15.2. The van der Waals surface area contributed by atoms with E-state index in [1.807, 2.05) is 12.1 Å². The number of fused-ring (bicyclic) bond motifs is 1. The Kier molecular flexibility index (Phi) is 4.43. The molecule has 1 saturated heterocycles. The lowest BCUT2D eigenvalue weighted by atomic mass is 10.0. The molecule has 1 aliphatic rings. The number of hydrogen-bond donors (Lipinski definition) is 1. The first kappa shape index (κ1) is 16.4. The summed E-state index contributed by atoms with van der Waals surface area (Å²) in [4.78, 5) is 23.1. The molecule has 134 valence electrons. The molecule has 1 fully saturated rings. The molecule has 1 amide bonds. The molecule has 1 aliphatic heterocycles. The Morgan fingerprint density at radius 2 is 2.00 bits per heavy atom. The van der Waals surface area contributed by atoms with Crippen LogP contribution in [-0.2, 0) is 0 Å². The van der Waals surface area contributed by atoms with E-state index in [-0.39, 0.29) is 11.9 Å². The van der Waals surface area contributed by atoms with Crippen molar-refractivity contribution in [2.45, 2.75) is 18.9 Å². The predicted octanol–water partition coefficient (Wildman–Crippen LogP) is 2.63. The Morgan fingerprint density at radius 3 is 2.69 bits per heavy atom. The number of oxazole rings is 1. The fourth-order valence-corrected chi connectivity index (χ4v) is 3.12. The van der Waals surface area contributed by atoms with Crippen LogP contribution in [0.5, 0.6) is 5.75 Å². The topological polar surface area (TPSA) is 80.5 Å². The van der Waals surface area contributed by atoms with Crippen LogP contribution in [0.4, 0.5) is 6.01 Å². The number of carbonyl (C=O) groups excluding carboxylic acids is 1. The Morgan fingerprint density at radius 1 is 1.23 bits per heavy atom. The maximum Gasteiger partial charge on any atom is 0.299 e. The van der Waals surface area contributed by atoms with E-state index in [4.69, 9.17) is 9.15 Å². The van der Waals surface area contributed by atoms with E-state index < -0.39 is 0 Å². The summed E-state index contributed by atoms with van der Waals surface area (Å²) in [5.41, 5.74) is 1.95. The van der Waals surface area contributed by atoms with E-state index in [1.165, 1.54) is 0 Å². The van der Waals surface area contributed by atoms with Gasteiger partial charge in [0.1, 0.15) is 5.75 Å². The smallest absolute Gasteiger partial charge is 0.299 e. The molecule has 4 rings (SSSR count). The molecule has 0 unspecified atom stereocenters. The lowest BCUT2D eigenvalue weighted by molar-refractivity contribution is 0.0931. The lowest BCUT2D eigenvalue weighted by Gasteiger charge is -2.31. The van der Waals surface area contributed by atoms with E-state index in [0.29, 0.717) is 22.8 Å². The van der Waals surface area contributed by atoms with Crippen LogP contribution in [0.15, 0.2) is 47.0 Å². The van der Waals surface area contributed by atoms with Crippen molar-refractivity contribution in [2.24, 2.45) is 0 Å². The van der Waals surface area contributed by atoms with Gasteiger partial charge in [-0.25, -0.2) is 4.98 Å². The van der Waals surface area contributed by atoms with Crippen LogP contribution in [-0.4, -0.2) is 42.1 Å². The van der Waals surface area contributed by atoms with Crippen molar-refractivity contribution in [3.8, 4) is 5.75 Å². The Balaban J connectivity index is 1.34. The highest BCUT2D eigenvalue weighted by atomic mass is 16.5. The standard InChI is InChI=1S/C19H20N4O3/c1-25-15-6-4-13(5-7-15)18(24)21-14-8-11-23(12-9-14)19-22-17-16(26-19)3-2-10-20-17/h2-7,10,14H,8-9,11-12H2,1H3,(H,21,24). The van der Waals surface area contributed by atoms with E-state index in [2.05, 4.69) is 20.2 Å². The van der Waals surface area contributed by atoms with Crippen LogP contribution < -0.4 is 15.0 Å². The van der Waals surface area contributed by atoms with Gasteiger partial charge in [-0.2, -0.15) is 4.98 Å². The minimum atomic E-state index is -0.0582. The Hall–Kier alpha value is -3.09. The van der Waals surface area contributed by atoms with Crippen molar-refractivity contribution < 1.29 is 13.9 Å². The zero-order valence-electron chi connectivity index (χ0n) is 14.5. The number of methoxy groups -OCH3 is 1. The molecule has 1 N–H and O–H groups in total. The minimum Gasteiger partial charge on any atom is -0.497 e. The van der Waals surface area contributed by atoms with E-state index in [9.17, 15) is 4.79 Å². The highest BCUT2D eigenvalue weighted by Crippen LogP contribution is 2.23. The largest absolute Gasteiger partial charge is 0.497 e. The van der Waals surface area contributed by atoms with Crippen molar-refractivity contribution in [2.75, 3.05) is 25.1 Å². The number of nitrogens with zero attached hydrogens (tertiary/aromatic N) is 3. The first-order valence-corrected chi connectivity index (χ1v) is 8.64. The van der Waals surface area contributed by atoms with Crippen LogP contribution in [0.2, 0.25) is 0 Å². The second kappa shape index (κ2) is 7.03. The van der Waals surface area contributed by atoms with Gasteiger partial charge < -0.3 is 19.4 Å². The molecule has 7 heteroatoms. The molecule has 0 atom stereocenters. The molecule has 26 heavy (non-hydrogen) atoms. The number of pyridine rings is 1. The van der Waals surface area contributed by atoms with E-state index in [1.54, 1.807) is 37.6 Å². The molecular formula is C19H20N4O3. The molecule has 0 spiro atoms. The number of amides is 1. The number of ether oxygens (including phenoxy) is 1. The Bertz CT molecular complexity index is 866. The third-order valence-corrected chi connectivity index (χ3v) is 4.61. The number of carbonyl (C=O) groups is 1. The maximum atomic E-state index is 12.4. The van der Waals surface area contributed by atoms with Gasteiger partial charge in [0.25, 0.3) is 11.9 Å². The minimum absolute atomic E-state index is 0.0582. The second-order valence-corrected chi connectivity index (χ2v) is 6.28. The number of nitrogens with one attached hydrogen (secondary N) is 1. The fourth-order valence-electron chi connectivity index (χ4n) is 3.12. The predicted molar refractivity (Wildman–Crippen MR) is 97.5 cm³/mol. The zero-order valence-corrected chi connectivity index (χ0v) is 14.5. The SMILES string of the molecule is COc1ccc(C(=O)NC2CCN(c3nc4ncccc4o3)CC2)cc1. The van der Waals surface area contributed by atoms with Gasteiger partial charge in [0.2, 0.25) is 5.65 Å². The number of anilines is 1. The molecule has 2 aromatic heterocycles. The third-order valence-electron chi connectivity index (χ3n) is 4.61. The van der Waals surface area contributed by atoms with Gasteiger partial charge in [0, 0.05) is 30.9 Å². The number of piperidine rings is 1. The molecule has 0 radical (unpaired) electrons. The fraction of sp³-hybridized carbons (Fsp3) is 0.316. The monoisotopic (exact) mass is 352 g/mol. The van der Waals surface area contributed by atoms with Gasteiger partial charge in [-0.3, -0.25) is 4.79 Å². The summed E-state index contributed by atoms with van der Waals surface area (Å²) >= 11 is 0. The van der Waals surface area contributed by atoms with Gasteiger partial charge in [-0.05, 0) is 49.2 Å². The highest BCUT2D eigenvalue weighted by molar-refractivity contribution is 5.94. The molecule has 1 aromatic carbocycles. The summed E-state index contributed by atoms with van der Waals surface area (Å²) in [6, 6.07) is 11.6. The summed E-state index contributed by atoms with van der Waals surface area (Å²) in [6.07, 6.45) is 3.39. The molecule has 0 aliphatic carbocycles. The van der Waals surface area contributed by atoms with Crippen molar-refractivity contribution in [1.82, 2.24) is 15.3 Å². The van der Waals surface area contributed by atoms with Crippen LogP contribution in [0.3, 0.4) is 0 Å². The third kappa shape index (κ3) is 3.33. The zero-order chi connectivity index (χ0) is 17.9. The van der Waals surface area contributed by atoms with Gasteiger partial charge >= 0.3 is 0 Å². The highest BCUT2D eigenvalue weighted by Gasteiger charge is 2.24. The molecule has 3 heterocycles. The first-order valence-electron chi connectivity index (χ1n) is 8.64. The summed E-state index contributed by atoms with van der Waals surface area (Å²) in [6.45, 7) is 1.56. The number of hydrogen-bond acceptors (Lipinski definition) is 6. The number of benzene rings is 1. The Labute approximate surface area is 151 Å². The average Bonchev–Trinajstić information content (AvgIpc) is 3.13. The van der Waals surface area contributed by atoms with E-state index in [0.717, 1.165) is 31.7 Å². The molecule has 3 aromatic rings. The average molecular weight is 352 g/mol. The van der Waals surface area contributed by atoms with Gasteiger partial charge in [0.15, 0.2) is 5.58 Å². The first-order chi connectivity index (χ1) is 12.7. The molecule has 7 nitrogen and oxygen atoms in total. The van der Waals surface area contributed by atoms with Gasteiger partial charge in [-0.15, -0.1) is 0 Å².